The van der Waals surface area contributed by atoms with Crippen LogP contribution in [0, 0.1) is 11.8 Å². The van der Waals surface area contributed by atoms with Gasteiger partial charge in [-0.15, -0.1) is 0 Å². The van der Waals surface area contributed by atoms with Gasteiger partial charge < -0.3 is 5.32 Å². The Morgan fingerprint density at radius 3 is 2.33 bits per heavy atom. The van der Waals surface area contributed by atoms with Gasteiger partial charge in [0, 0.05) is 31.7 Å². The van der Waals surface area contributed by atoms with Crippen LogP contribution in [0.25, 0.3) is 0 Å². The van der Waals surface area contributed by atoms with Gasteiger partial charge in [0.25, 0.3) is 0 Å². The van der Waals surface area contributed by atoms with Crippen LogP contribution in [0.2, 0.25) is 0 Å². The van der Waals surface area contributed by atoms with Gasteiger partial charge in [-0.25, -0.2) is 0 Å². The predicted molar refractivity (Wildman–Crippen MR) is 78.9 cm³/mol. The molecule has 2 aliphatic carbocycles. The standard InChI is InChI=1S/C16H32N2/c1-13(2)4-5-14(3)17-10-11-18(16-8-9-16)12-15-6-7-15/h13-17H,4-12H2,1-3H3. The van der Waals surface area contributed by atoms with Crippen LogP contribution in [-0.4, -0.2) is 36.6 Å². The Bertz CT molecular complexity index is 231. The van der Waals surface area contributed by atoms with Crippen LogP contribution in [0.4, 0.5) is 0 Å². The Balaban J connectivity index is 1.54. The fraction of sp³-hybridized carbons (Fsp3) is 1.00. The lowest BCUT2D eigenvalue weighted by atomic mass is 10.0. The molecule has 1 unspecified atom stereocenters. The minimum Gasteiger partial charge on any atom is -0.313 e. The Labute approximate surface area is 114 Å². The van der Waals surface area contributed by atoms with Crippen LogP contribution < -0.4 is 5.32 Å². The van der Waals surface area contributed by atoms with E-state index in [2.05, 4.69) is 31.0 Å². The van der Waals surface area contributed by atoms with Gasteiger partial charge in [-0.3, -0.25) is 4.90 Å². The van der Waals surface area contributed by atoms with Crippen LogP contribution in [0.5, 0.6) is 0 Å². The van der Waals surface area contributed by atoms with Crippen molar-refractivity contribution in [2.45, 2.75) is 71.4 Å². The van der Waals surface area contributed by atoms with Gasteiger partial charge in [-0.1, -0.05) is 13.8 Å². The van der Waals surface area contributed by atoms with E-state index in [-0.39, 0.29) is 0 Å². The summed E-state index contributed by atoms with van der Waals surface area (Å²) < 4.78 is 0. The van der Waals surface area contributed by atoms with Crippen molar-refractivity contribution in [3.05, 3.63) is 0 Å². The van der Waals surface area contributed by atoms with Gasteiger partial charge in [0.05, 0.1) is 0 Å². The van der Waals surface area contributed by atoms with Gasteiger partial charge in [0.1, 0.15) is 0 Å². The topological polar surface area (TPSA) is 15.3 Å². The predicted octanol–water partition coefficient (Wildman–Crippen LogP) is 3.28. The molecule has 0 aliphatic heterocycles. The molecule has 0 radical (unpaired) electrons. The minimum absolute atomic E-state index is 0.689. The summed E-state index contributed by atoms with van der Waals surface area (Å²) in [5.74, 6) is 1.89. The Morgan fingerprint density at radius 2 is 1.78 bits per heavy atom. The van der Waals surface area contributed by atoms with Crippen LogP contribution in [0.15, 0.2) is 0 Å². The van der Waals surface area contributed by atoms with Crippen LogP contribution in [-0.2, 0) is 0 Å². The van der Waals surface area contributed by atoms with Gasteiger partial charge in [-0.05, 0) is 57.3 Å². The largest absolute Gasteiger partial charge is 0.313 e. The van der Waals surface area contributed by atoms with Crippen molar-refractivity contribution in [2.75, 3.05) is 19.6 Å². The van der Waals surface area contributed by atoms with Gasteiger partial charge >= 0.3 is 0 Å². The quantitative estimate of drug-likeness (QED) is 0.642. The zero-order valence-electron chi connectivity index (χ0n) is 12.6. The number of rotatable bonds is 10. The fourth-order valence-electron chi connectivity index (χ4n) is 2.63. The molecule has 1 N–H and O–H groups in total. The van der Waals surface area contributed by atoms with Crippen molar-refractivity contribution in [3.63, 3.8) is 0 Å². The molecule has 2 heteroatoms. The summed E-state index contributed by atoms with van der Waals surface area (Å²) in [6.45, 7) is 10.8. The summed E-state index contributed by atoms with van der Waals surface area (Å²) in [6.07, 6.45) is 8.56. The molecule has 2 rings (SSSR count). The molecular formula is C16H32N2. The smallest absolute Gasteiger partial charge is 0.0110 e. The van der Waals surface area contributed by atoms with E-state index < -0.39 is 0 Å². The molecule has 0 aromatic heterocycles. The van der Waals surface area contributed by atoms with Crippen LogP contribution in [0.1, 0.15) is 59.3 Å². The van der Waals surface area contributed by atoms with E-state index in [1.807, 2.05) is 0 Å². The average Bonchev–Trinajstić information content (AvgIpc) is 3.15. The molecule has 106 valence electrons. The van der Waals surface area contributed by atoms with E-state index in [0.29, 0.717) is 6.04 Å². The molecule has 0 saturated heterocycles. The summed E-state index contributed by atoms with van der Waals surface area (Å²) in [5, 5.41) is 3.70. The lowest BCUT2D eigenvalue weighted by molar-refractivity contribution is 0.248. The Hall–Kier alpha value is -0.0800. The van der Waals surface area contributed by atoms with Crippen molar-refractivity contribution < 1.29 is 0 Å². The third-order valence-corrected chi connectivity index (χ3v) is 4.32. The highest BCUT2D eigenvalue weighted by molar-refractivity contribution is 4.88. The van der Waals surface area contributed by atoms with Crippen molar-refractivity contribution in [2.24, 2.45) is 11.8 Å². The maximum atomic E-state index is 3.70. The maximum Gasteiger partial charge on any atom is 0.0110 e. The molecule has 1 atom stereocenters. The molecule has 18 heavy (non-hydrogen) atoms. The van der Waals surface area contributed by atoms with Gasteiger partial charge in [0.2, 0.25) is 0 Å². The number of nitrogens with zero attached hydrogens (tertiary/aromatic N) is 1. The molecule has 0 aromatic carbocycles. The van der Waals surface area contributed by atoms with E-state index in [1.165, 1.54) is 58.2 Å². The second-order valence-electron chi connectivity index (χ2n) is 7.00. The normalized spacial score (nSPS) is 21.8. The third-order valence-electron chi connectivity index (χ3n) is 4.32. The highest BCUT2D eigenvalue weighted by Gasteiger charge is 2.33. The fourth-order valence-corrected chi connectivity index (χ4v) is 2.63. The summed E-state index contributed by atoms with van der Waals surface area (Å²) in [5.41, 5.74) is 0. The van der Waals surface area contributed by atoms with Crippen molar-refractivity contribution in [1.82, 2.24) is 10.2 Å². The van der Waals surface area contributed by atoms with E-state index in [0.717, 1.165) is 17.9 Å². The summed E-state index contributed by atoms with van der Waals surface area (Å²) in [4.78, 5) is 2.75. The maximum absolute atomic E-state index is 3.70. The molecular weight excluding hydrogens is 220 g/mol. The van der Waals surface area contributed by atoms with Crippen molar-refractivity contribution >= 4 is 0 Å². The molecule has 0 bridgehead atoms. The van der Waals surface area contributed by atoms with Crippen LogP contribution in [0.3, 0.4) is 0 Å². The first kappa shape index (κ1) is 14.3. The monoisotopic (exact) mass is 252 g/mol. The van der Waals surface area contributed by atoms with E-state index in [4.69, 9.17) is 0 Å². The first-order valence-electron chi connectivity index (χ1n) is 8.12. The first-order valence-corrected chi connectivity index (χ1v) is 8.12. The minimum atomic E-state index is 0.689. The molecule has 0 spiro atoms. The first-order chi connectivity index (χ1) is 8.65. The summed E-state index contributed by atoms with van der Waals surface area (Å²) >= 11 is 0. The lowest BCUT2D eigenvalue weighted by Crippen LogP contribution is -2.38. The van der Waals surface area contributed by atoms with E-state index in [9.17, 15) is 0 Å². The Kier molecular flexibility index (Phi) is 5.50. The molecule has 0 amide bonds. The van der Waals surface area contributed by atoms with Gasteiger partial charge in [0.15, 0.2) is 0 Å². The zero-order valence-corrected chi connectivity index (χ0v) is 12.6. The summed E-state index contributed by atoms with van der Waals surface area (Å²) in [7, 11) is 0. The Morgan fingerprint density at radius 1 is 1.06 bits per heavy atom. The highest BCUT2D eigenvalue weighted by atomic mass is 15.2. The SMILES string of the molecule is CC(C)CCC(C)NCCN(CC1CC1)C1CC1. The van der Waals surface area contributed by atoms with Gasteiger partial charge in [-0.2, -0.15) is 0 Å². The molecule has 2 aliphatic rings. The molecule has 0 heterocycles. The number of nitrogens with one attached hydrogen (secondary N) is 1. The van der Waals surface area contributed by atoms with Crippen molar-refractivity contribution in [3.8, 4) is 0 Å². The second kappa shape index (κ2) is 6.91. The van der Waals surface area contributed by atoms with Crippen molar-refractivity contribution in [1.29, 1.82) is 0 Å². The van der Waals surface area contributed by atoms with E-state index >= 15 is 0 Å². The van der Waals surface area contributed by atoms with E-state index in [1.54, 1.807) is 0 Å². The molecule has 2 nitrogen and oxygen atoms in total. The zero-order chi connectivity index (χ0) is 13.0. The average molecular weight is 252 g/mol. The highest BCUT2D eigenvalue weighted by Crippen LogP contribution is 2.34. The lowest BCUT2D eigenvalue weighted by Gasteiger charge is -2.23. The van der Waals surface area contributed by atoms with Crippen LogP contribution >= 0.6 is 0 Å². The number of hydrogen-bond acceptors (Lipinski definition) is 2. The molecule has 2 fully saturated rings. The summed E-state index contributed by atoms with van der Waals surface area (Å²) in [6, 6.07) is 1.63. The second-order valence-corrected chi connectivity index (χ2v) is 7.00. The third kappa shape index (κ3) is 5.71. The number of hydrogen-bond donors (Lipinski definition) is 1. The molecule has 0 aromatic rings. The molecule has 2 saturated carbocycles.